The number of H-pyrrole nitrogens is 1. The van der Waals surface area contributed by atoms with Crippen LogP contribution in [0, 0.1) is 0 Å². The molecule has 0 unspecified atom stereocenters. The van der Waals surface area contributed by atoms with Crippen molar-refractivity contribution in [1.29, 1.82) is 0 Å². The van der Waals surface area contributed by atoms with E-state index in [2.05, 4.69) is 16.5 Å². The molecule has 1 saturated heterocycles. The minimum Gasteiger partial charge on any atom is -0.306 e. The fourth-order valence-corrected chi connectivity index (χ4v) is 3.47. The van der Waals surface area contributed by atoms with E-state index in [-0.39, 0.29) is 5.69 Å². The average Bonchev–Trinajstić information content (AvgIpc) is 2.83. The van der Waals surface area contributed by atoms with E-state index >= 15 is 0 Å². The molecule has 118 valence electrons. The highest BCUT2D eigenvalue weighted by atomic mass is 35.5. The minimum absolute atomic E-state index is 0.0121. The lowest BCUT2D eigenvalue weighted by atomic mass is 10.0. The fraction of sp³-hybridized carbons (Fsp3) is 0.471. The van der Waals surface area contributed by atoms with Gasteiger partial charge < -0.3 is 9.88 Å². The lowest BCUT2D eigenvalue weighted by molar-refractivity contribution is 0.185. The molecule has 1 N–H and O–H groups in total. The predicted octanol–water partition coefficient (Wildman–Crippen LogP) is 3.50. The maximum Gasteiger partial charge on any atom is 0.326 e. The van der Waals surface area contributed by atoms with Gasteiger partial charge in [0.25, 0.3) is 0 Å². The molecule has 0 amide bonds. The first-order chi connectivity index (χ1) is 10.6. The quantitative estimate of drug-likeness (QED) is 0.916. The van der Waals surface area contributed by atoms with Crippen LogP contribution in [-0.4, -0.2) is 34.1 Å². The van der Waals surface area contributed by atoms with Crippen molar-refractivity contribution in [2.45, 2.75) is 31.7 Å². The van der Waals surface area contributed by atoms with E-state index in [1.165, 1.54) is 0 Å². The number of imidazole rings is 1. The Bertz CT molecular complexity index is 710. The molecular formula is C17H22ClN3O. The summed E-state index contributed by atoms with van der Waals surface area (Å²) < 4.78 is 1.94. The second-order valence-corrected chi connectivity index (χ2v) is 6.55. The van der Waals surface area contributed by atoms with Crippen LogP contribution in [0.3, 0.4) is 0 Å². The van der Waals surface area contributed by atoms with Crippen LogP contribution < -0.4 is 5.69 Å². The molecule has 0 aliphatic carbocycles. The van der Waals surface area contributed by atoms with Gasteiger partial charge in [-0.3, -0.25) is 4.57 Å². The smallest absolute Gasteiger partial charge is 0.306 e. The number of piperidine rings is 1. The highest BCUT2D eigenvalue weighted by molar-refractivity contribution is 6.29. The number of nitrogens with zero attached hydrogens (tertiary/aromatic N) is 2. The Morgan fingerprint density at radius 1 is 1.32 bits per heavy atom. The van der Waals surface area contributed by atoms with Crippen LogP contribution >= 0.6 is 11.6 Å². The molecule has 2 aromatic rings. The zero-order valence-electron chi connectivity index (χ0n) is 12.7. The summed E-state index contributed by atoms with van der Waals surface area (Å²) in [6, 6.07) is 8.21. The van der Waals surface area contributed by atoms with Gasteiger partial charge in [0.1, 0.15) is 0 Å². The number of allylic oxidation sites excluding steroid dienone is 1. The first kappa shape index (κ1) is 15.4. The Morgan fingerprint density at radius 3 is 2.77 bits per heavy atom. The topological polar surface area (TPSA) is 41.0 Å². The summed E-state index contributed by atoms with van der Waals surface area (Å²) in [4.78, 5) is 17.6. The third-order valence-electron chi connectivity index (χ3n) is 4.47. The van der Waals surface area contributed by atoms with E-state index < -0.39 is 0 Å². The first-order valence-corrected chi connectivity index (χ1v) is 8.28. The monoisotopic (exact) mass is 319 g/mol. The highest BCUT2D eigenvalue weighted by Crippen LogP contribution is 2.25. The van der Waals surface area contributed by atoms with Crippen molar-refractivity contribution in [3.05, 3.63) is 46.4 Å². The molecule has 1 aromatic carbocycles. The molecule has 1 fully saturated rings. The Hall–Kier alpha value is -1.52. The molecule has 0 radical (unpaired) electrons. The molecular weight excluding hydrogens is 298 g/mol. The van der Waals surface area contributed by atoms with Gasteiger partial charge in [0.15, 0.2) is 0 Å². The molecule has 5 heteroatoms. The summed E-state index contributed by atoms with van der Waals surface area (Å²) in [5, 5.41) is 0.736. The number of hydrogen-bond acceptors (Lipinski definition) is 2. The number of benzene rings is 1. The van der Waals surface area contributed by atoms with Crippen LogP contribution in [0.25, 0.3) is 11.0 Å². The van der Waals surface area contributed by atoms with Gasteiger partial charge in [-0.25, -0.2) is 4.79 Å². The van der Waals surface area contributed by atoms with Crippen molar-refractivity contribution >= 4 is 22.6 Å². The molecule has 0 spiro atoms. The number of aromatic amines is 1. The van der Waals surface area contributed by atoms with Crippen LogP contribution in [0.1, 0.15) is 31.7 Å². The molecule has 0 saturated carbocycles. The van der Waals surface area contributed by atoms with Crippen LogP contribution in [-0.2, 0) is 0 Å². The van der Waals surface area contributed by atoms with Gasteiger partial charge in [0, 0.05) is 24.2 Å². The van der Waals surface area contributed by atoms with Gasteiger partial charge in [-0.2, -0.15) is 0 Å². The standard InChI is InChI=1S/C17H22ClN3O/c1-13(18)5-4-10-20-11-8-14(9-12-20)21-16-7-3-2-6-15(16)19-17(21)22/h2-3,6-7,14H,1,4-5,8-12H2,(H,19,22). The summed E-state index contributed by atoms with van der Waals surface area (Å²) in [6.07, 6.45) is 3.97. The zero-order valence-corrected chi connectivity index (χ0v) is 13.5. The summed E-state index contributed by atoms with van der Waals surface area (Å²) in [5.74, 6) is 0. The van der Waals surface area contributed by atoms with Crippen LogP contribution in [0.2, 0.25) is 0 Å². The van der Waals surface area contributed by atoms with Crippen molar-refractivity contribution in [3.8, 4) is 0 Å². The Balaban J connectivity index is 1.64. The largest absolute Gasteiger partial charge is 0.326 e. The number of rotatable bonds is 5. The Kier molecular flexibility index (Phi) is 4.69. The van der Waals surface area contributed by atoms with Gasteiger partial charge in [0.2, 0.25) is 0 Å². The summed E-state index contributed by atoms with van der Waals surface area (Å²) >= 11 is 5.80. The van der Waals surface area contributed by atoms with E-state index in [4.69, 9.17) is 11.6 Å². The second-order valence-electron chi connectivity index (χ2n) is 6.01. The van der Waals surface area contributed by atoms with Crippen LogP contribution in [0.5, 0.6) is 0 Å². The lowest BCUT2D eigenvalue weighted by Crippen LogP contribution is -2.37. The van der Waals surface area contributed by atoms with Gasteiger partial charge >= 0.3 is 5.69 Å². The summed E-state index contributed by atoms with van der Waals surface area (Å²) in [7, 11) is 0. The zero-order chi connectivity index (χ0) is 15.5. The molecule has 1 aliphatic rings. The molecule has 0 atom stereocenters. The average molecular weight is 320 g/mol. The van der Waals surface area contributed by atoms with Crippen molar-refractivity contribution in [2.24, 2.45) is 0 Å². The number of likely N-dealkylation sites (tertiary alicyclic amines) is 1. The van der Waals surface area contributed by atoms with Crippen molar-refractivity contribution in [2.75, 3.05) is 19.6 Å². The number of fused-ring (bicyclic) bond motifs is 1. The van der Waals surface area contributed by atoms with Crippen molar-refractivity contribution in [1.82, 2.24) is 14.5 Å². The normalized spacial score (nSPS) is 17.1. The maximum absolute atomic E-state index is 12.2. The molecule has 4 nitrogen and oxygen atoms in total. The Morgan fingerprint density at radius 2 is 2.05 bits per heavy atom. The maximum atomic E-state index is 12.2. The number of nitrogens with one attached hydrogen (secondary N) is 1. The van der Waals surface area contributed by atoms with Crippen molar-refractivity contribution in [3.63, 3.8) is 0 Å². The molecule has 22 heavy (non-hydrogen) atoms. The van der Waals surface area contributed by atoms with Crippen molar-refractivity contribution < 1.29 is 0 Å². The van der Waals surface area contributed by atoms with E-state index in [9.17, 15) is 4.79 Å². The SMILES string of the molecule is C=C(Cl)CCCN1CCC(n2c(=O)[nH]c3ccccc32)CC1. The number of para-hydroxylation sites is 2. The van der Waals surface area contributed by atoms with Crippen LogP contribution in [0.4, 0.5) is 0 Å². The van der Waals surface area contributed by atoms with Gasteiger partial charge in [-0.05, 0) is 44.4 Å². The number of halogens is 1. The summed E-state index contributed by atoms with van der Waals surface area (Å²) in [6.45, 7) is 6.85. The Labute approximate surface area is 135 Å². The molecule has 0 bridgehead atoms. The molecule has 3 rings (SSSR count). The molecule has 1 aromatic heterocycles. The molecule has 2 heterocycles. The summed E-state index contributed by atoms with van der Waals surface area (Å²) in [5.41, 5.74) is 1.96. The fourth-order valence-electron chi connectivity index (χ4n) is 3.33. The lowest BCUT2D eigenvalue weighted by Gasteiger charge is -2.32. The number of hydrogen-bond donors (Lipinski definition) is 1. The van der Waals surface area contributed by atoms with E-state index in [0.29, 0.717) is 6.04 Å². The third-order valence-corrected chi connectivity index (χ3v) is 4.66. The van der Waals surface area contributed by atoms with Gasteiger partial charge in [0.05, 0.1) is 11.0 Å². The van der Waals surface area contributed by atoms with Gasteiger partial charge in [-0.15, -0.1) is 0 Å². The van der Waals surface area contributed by atoms with E-state index in [1.807, 2.05) is 28.8 Å². The highest BCUT2D eigenvalue weighted by Gasteiger charge is 2.23. The second kappa shape index (κ2) is 6.71. The van der Waals surface area contributed by atoms with E-state index in [0.717, 1.165) is 61.4 Å². The first-order valence-electron chi connectivity index (χ1n) is 7.90. The van der Waals surface area contributed by atoms with E-state index in [1.54, 1.807) is 0 Å². The van der Waals surface area contributed by atoms with Gasteiger partial charge in [-0.1, -0.05) is 30.3 Å². The number of aromatic nitrogens is 2. The third kappa shape index (κ3) is 3.28. The predicted molar refractivity (Wildman–Crippen MR) is 91.5 cm³/mol. The molecule has 1 aliphatic heterocycles. The van der Waals surface area contributed by atoms with Crippen LogP contribution in [0.15, 0.2) is 40.7 Å². The minimum atomic E-state index is 0.0121.